The van der Waals surface area contributed by atoms with Crippen molar-refractivity contribution in [2.45, 2.75) is 19.8 Å². The van der Waals surface area contributed by atoms with Crippen molar-refractivity contribution in [2.75, 3.05) is 16.8 Å². The second-order valence-electron chi connectivity index (χ2n) is 3.62. The van der Waals surface area contributed by atoms with Gasteiger partial charge in [-0.1, -0.05) is 22.9 Å². The zero-order chi connectivity index (χ0) is 9.19. The molecule has 0 amide bonds. The summed E-state index contributed by atoms with van der Waals surface area (Å²) in [6.45, 7) is 2.18. The highest BCUT2D eigenvalue weighted by Gasteiger charge is 2.26. The topological polar surface area (TPSA) is 34.1 Å². The van der Waals surface area contributed by atoms with Gasteiger partial charge >= 0.3 is 0 Å². The maximum atomic E-state index is 11.1. The molecule has 0 radical (unpaired) electrons. The fourth-order valence-electron chi connectivity index (χ4n) is 1.60. The average Bonchev–Trinajstić information content (AvgIpc) is 2.03. The number of rotatable bonds is 2. The summed E-state index contributed by atoms with van der Waals surface area (Å²) in [6, 6.07) is 0. The quantitative estimate of drug-likeness (QED) is 0.705. The zero-order valence-electron chi connectivity index (χ0n) is 7.29. The molecule has 0 aromatic carbocycles. The third-order valence-corrected chi connectivity index (χ3v) is 5.38. The molecule has 0 bridgehead atoms. The van der Waals surface area contributed by atoms with E-state index >= 15 is 0 Å². The number of hydrogen-bond acceptors (Lipinski definition) is 2. The molecule has 1 fully saturated rings. The Bertz CT molecular complexity index is 221. The summed E-state index contributed by atoms with van der Waals surface area (Å²) in [5.41, 5.74) is 0. The molecule has 0 saturated carbocycles. The first-order valence-corrected chi connectivity index (χ1v) is 7.26. The summed E-state index contributed by atoms with van der Waals surface area (Å²) in [5.74, 6) is 2.01. The highest BCUT2D eigenvalue weighted by molar-refractivity contribution is 9.09. The minimum atomic E-state index is -2.67. The smallest absolute Gasteiger partial charge is 0.150 e. The zero-order valence-corrected chi connectivity index (χ0v) is 9.70. The Hall–Kier alpha value is 0.430. The third kappa shape index (κ3) is 2.73. The van der Waals surface area contributed by atoms with E-state index in [1.165, 1.54) is 0 Å². The van der Waals surface area contributed by atoms with Gasteiger partial charge in [-0.3, -0.25) is 0 Å². The van der Waals surface area contributed by atoms with Gasteiger partial charge in [0.1, 0.15) is 9.84 Å². The molecule has 1 atom stereocenters. The SMILES string of the molecule is CC(CBr)C1CCS(=O)(=O)CC1. The van der Waals surface area contributed by atoms with Gasteiger partial charge in [-0.2, -0.15) is 0 Å². The van der Waals surface area contributed by atoms with Gasteiger partial charge in [0.15, 0.2) is 0 Å². The molecule has 0 aliphatic carbocycles. The summed E-state index contributed by atoms with van der Waals surface area (Å²) >= 11 is 3.43. The van der Waals surface area contributed by atoms with Crippen LogP contribution in [0, 0.1) is 11.8 Å². The molecular formula is C8H15BrO2S. The first kappa shape index (κ1) is 10.5. The normalized spacial score (nSPS) is 26.8. The number of sulfone groups is 1. The summed E-state index contributed by atoms with van der Waals surface area (Å²) in [6.07, 6.45) is 1.71. The fourth-order valence-corrected chi connectivity index (χ4v) is 3.66. The molecule has 4 heteroatoms. The monoisotopic (exact) mass is 254 g/mol. The molecule has 1 heterocycles. The Morgan fingerprint density at radius 3 is 2.33 bits per heavy atom. The lowest BCUT2D eigenvalue weighted by Crippen LogP contribution is -2.27. The second kappa shape index (κ2) is 4.09. The predicted molar refractivity (Wildman–Crippen MR) is 54.3 cm³/mol. The van der Waals surface area contributed by atoms with Crippen molar-refractivity contribution in [1.29, 1.82) is 0 Å². The van der Waals surface area contributed by atoms with E-state index in [1.54, 1.807) is 0 Å². The van der Waals surface area contributed by atoms with E-state index in [2.05, 4.69) is 22.9 Å². The molecule has 1 aliphatic rings. The van der Waals surface area contributed by atoms with Gasteiger partial charge in [0.05, 0.1) is 11.5 Å². The van der Waals surface area contributed by atoms with E-state index in [0.29, 0.717) is 23.3 Å². The highest BCUT2D eigenvalue weighted by atomic mass is 79.9. The summed E-state index contributed by atoms with van der Waals surface area (Å²) in [7, 11) is -2.67. The molecule has 0 N–H and O–H groups in total. The van der Waals surface area contributed by atoms with E-state index in [-0.39, 0.29) is 0 Å². The number of halogens is 1. The lowest BCUT2D eigenvalue weighted by Gasteiger charge is -2.26. The van der Waals surface area contributed by atoms with Gasteiger partial charge < -0.3 is 0 Å². The average molecular weight is 255 g/mol. The minimum Gasteiger partial charge on any atom is -0.229 e. The number of hydrogen-bond donors (Lipinski definition) is 0. The molecule has 2 nitrogen and oxygen atoms in total. The van der Waals surface area contributed by atoms with Gasteiger partial charge in [-0.05, 0) is 24.7 Å². The molecule has 1 rings (SSSR count). The number of alkyl halides is 1. The van der Waals surface area contributed by atoms with Gasteiger partial charge in [-0.15, -0.1) is 0 Å². The van der Waals surface area contributed by atoms with E-state index < -0.39 is 9.84 Å². The van der Waals surface area contributed by atoms with Crippen molar-refractivity contribution in [1.82, 2.24) is 0 Å². The predicted octanol–water partition coefficient (Wildman–Crippen LogP) is 1.84. The van der Waals surface area contributed by atoms with Crippen molar-refractivity contribution >= 4 is 25.8 Å². The molecule has 0 aromatic heterocycles. The van der Waals surface area contributed by atoms with Crippen LogP contribution in [0.3, 0.4) is 0 Å². The molecule has 1 unspecified atom stereocenters. The van der Waals surface area contributed by atoms with Crippen LogP contribution in [0.5, 0.6) is 0 Å². The van der Waals surface area contributed by atoms with Crippen molar-refractivity contribution in [2.24, 2.45) is 11.8 Å². The van der Waals surface area contributed by atoms with E-state index in [1.807, 2.05) is 0 Å². The Morgan fingerprint density at radius 1 is 1.42 bits per heavy atom. The van der Waals surface area contributed by atoms with Crippen LogP contribution in [-0.4, -0.2) is 25.3 Å². The van der Waals surface area contributed by atoms with Crippen molar-refractivity contribution in [3.63, 3.8) is 0 Å². The Kier molecular flexibility index (Phi) is 3.58. The van der Waals surface area contributed by atoms with Gasteiger partial charge in [0.25, 0.3) is 0 Å². The van der Waals surface area contributed by atoms with Crippen LogP contribution in [0.2, 0.25) is 0 Å². The first-order chi connectivity index (χ1) is 5.55. The van der Waals surface area contributed by atoms with Crippen LogP contribution in [0.4, 0.5) is 0 Å². The maximum absolute atomic E-state index is 11.1. The van der Waals surface area contributed by atoms with Crippen LogP contribution in [0.15, 0.2) is 0 Å². The van der Waals surface area contributed by atoms with E-state index in [0.717, 1.165) is 18.2 Å². The summed E-state index contributed by atoms with van der Waals surface area (Å²) < 4.78 is 22.2. The molecular weight excluding hydrogens is 240 g/mol. The van der Waals surface area contributed by atoms with Crippen molar-refractivity contribution in [3.05, 3.63) is 0 Å². The summed E-state index contributed by atoms with van der Waals surface area (Å²) in [5, 5.41) is 0.984. The molecule has 1 aliphatic heterocycles. The molecule has 12 heavy (non-hydrogen) atoms. The maximum Gasteiger partial charge on any atom is 0.150 e. The Morgan fingerprint density at radius 2 is 1.92 bits per heavy atom. The van der Waals surface area contributed by atoms with Crippen molar-refractivity contribution in [3.8, 4) is 0 Å². The van der Waals surface area contributed by atoms with E-state index in [9.17, 15) is 8.42 Å². The molecule has 1 saturated heterocycles. The van der Waals surface area contributed by atoms with Gasteiger partial charge in [-0.25, -0.2) is 8.42 Å². The van der Waals surface area contributed by atoms with Gasteiger partial charge in [0, 0.05) is 5.33 Å². The second-order valence-corrected chi connectivity index (χ2v) is 6.57. The largest absolute Gasteiger partial charge is 0.229 e. The van der Waals surface area contributed by atoms with E-state index in [4.69, 9.17) is 0 Å². The minimum absolute atomic E-state index is 0.398. The molecule has 72 valence electrons. The lowest BCUT2D eigenvalue weighted by molar-refractivity contribution is 0.358. The van der Waals surface area contributed by atoms with Crippen LogP contribution in [-0.2, 0) is 9.84 Å². The summed E-state index contributed by atoms with van der Waals surface area (Å²) in [4.78, 5) is 0. The van der Waals surface area contributed by atoms with Crippen molar-refractivity contribution < 1.29 is 8.42 Å². The first-order valence-electron chi connectivity index (χ1n) is 4.31. The van der Waals surface area contributed by atoms with Gasteiger partial charge in [0.2, 0.25) is 0 Å². The van der Waals surface area contributed by atoms with Crippen LogP contribution >= 0.6 is 15.9 Å². The van der Waals surface area contributed by atoms with Crippen LogP contribution < -0.4 is 0 Å². The van der Waals surface area contributed by atoms with Crippen LogP contribution in [0.25, 0.3) is 0 Å². The highest BCUT2D eigenvalue weighted by Crippen LogP contribution is 2.26. The Balaban J connectivity index is 2.46. The molecule has 0 aromatic rings. The lowest BCUT2D eigenvalue weighted by atomic mass is 9.90. The Labute approximate surface area is 82.8 Å². The molecule has 0 spiro atoms. The van der Waals surface area contributed by atoms with Crippen LogP contribution in [0.1, 0.15) is 19.8 Å². The standard InChI is InChI=1S/C8H15BrO2S/c1-7(6-9)8-2-4-12(10,11)5-3-8/h7-8H,2-6H2,1H3. The fraction of sp³-hybridized carbons (Fsp3) is 1.00. The third-order valence-electron chi connectivity index (χ3n) is 2.65.